The van der Waals surface area contributed by atoms with Crippen LogP contribution < -0.4 is 10.1 Å². The van der Waals surface area contributed by atoms with E-state index in [4.69, 9.17) is 9.47 Å². The van der Waals surface area contributed by atoms with Gasteiger partial charge in [-0.25, -0.2) is 13.6 Å². The zero-order valence-corrected chi connectivity index (χ0v) is 23.1. The number of amides is 1. The van der Waals surface area contributed by atoms with Gasteiger partial charge in [-0.15, -0.1) is 0 Å². The molecule has 2 heterocycles. The number of carboxylic acid groups (broad SMARTS) is 1. The smallest absolute Gasteiger partial charge is 0.416 e. The normalized spacial score (nSPS) is 23.9. The summed E-state index contributed by atoms with van der Waals surface area (Å²) in [5.74, 6) is -3.87. The highest BCUT2D eigenvalue weighted by Gasteiger charge is 2.54. The van der Waals surface area contributed by atoms with Crippen molar-refractivity contribution in [2.24, 2.45) is 5.92 Å². The average Bonchev–Trinajstić information content (AvgIpc) is 3.82. The van der Waals surface area contributed by atoms with E-state index in [2.05, 4.69) is 10.2 Å². The molecule has 5 rings (SSSR count). The number of nitrogens with one attached hydrogen (secondary N) is 1. The van der Waals surface area contributed by atoms with Crippen LogP contribution in [-0.2, 0) is 22.3 Å². The number of benzene rings is 2. The molecule has 2 N–H and O–H groups in total. The van der Waals surface area contributed by atoms with Crippen molar-refractivity contribution in [2.45, 2.75) is 68.8 Å². The molecule has 2 aromatic rings. The Morgan fingerprint density at radius 1 is 1.07 bits per heavy atom. The minimum Gasteiger partial charge on any atom is -0.493 e. The number of carbonyl (C=O) groups excluding carboxylic acids is 1. The molecule has 1 amide bonds. The summed E-state index contributed by atoms with van der Waals surface area (Å²) in [4.78, 5) is 27.1. The fourth-order valence-electron chi connectivity index (χ4n) is 6.36. The monoisotopic (exact) mass is 596 g/mol. The van der Waals surface area contributed by atoms with Crippen LogP contribution in [0.3, 0.4) is 0 Å². The van der Waals surface area contributed by atoms with Crippen molar-refractivity contribution < 1.29 is 46.1 Å². The molecule has 0 aromatic heterocycles. The maximum Gasteiger partial charge on any atom is 0.416 e. The van der Waals surface area contributed by atoms with E-state index in [1.54, 1.807) is 6.07 Å². The number of ether oxygens (including phenoxy) is 2. The second-order valence-electron chi connectivity index (χ2n) is 11.4. The fraction of sp³-hybridized carbons (Fsp3) is 0.533. The summed E-state index contributed by atoms with van der Waals surface area (Å²) in [6, 6.07) is 5.47. The van der Waals surface area contributed by atoms with Gasteiger partial charge in [-0.05, 0) is 93.3 Å². The summed E-state index contributed by atoms with van der Waals surface area (Å²) in [5.41, 5.74) is -1.90. The summed E-state index contributed by atoms with van der Waals surface area (Å²) in [6.07, 6.45) is -0.465. The fourth-order valence-corrected chi connectivity index (χ4v) is 6.36. The van der Waals surface area contributed by atoms with E-state index in [-0.39, 0.29) is 41.3 Å². The van der Waals surface area contributed by atoms with Gasteiger partial charge < -0.3 is 19.9 Å². The van der Waals surface area contributed by atoms with E-state index in [1.165, 1.54) is 12.1 Å². The minimum absolute atomic E-state index is 0.00577. The van der Waals surface area contributed by atoms with Crippen LogP contribution in [0, 0.1) is 17.6 Å². The highest BCUT2D eigenvalue weighted by atomic mass is 19.4. The van der Waals surface area contributed by atoms with Crippen molar-refractivity contribution in [3.8, 4) is 5.75 Å². The summed E-state index contributed by atoms with van der Waals surface area (Å²) in [7, 11) is 1.16. The van der Waals surface area contributed by atoms with E-state index < -0.39 is 40.9 Å². The van der Waals surface area contributed by atoms with Gasteiger partial charge >= 0.3 is 12.1 Å². The predicted octanol–water partition coefficient (Wildman–Crippen LogP) is 5.51. The first kappa shape index (κ1) is 30.2. The summed E-state index contributed by atoms with van der Waals surface area (Å²) < 4.78 is 79.2. The quantitative estimate of drug-likeness (QED) is 0.391. The molecule has 1 aliphatic carbocycles. The van der Waals surface area contributed by atoms with Crippen molar-refractivity contribution in [3.63, 3.8) is 0 Å². The number of hydrogen-bond donors (Lipinski definition) is 2. The van der Waals surface area contributed by atoms with Crippen LogP contribution in [0.5, 0.6) is 5.75 Å². The van der Waals surface area contributed by atoms with Crippen LogP contribution in [0.4, 0.5) is 22.0 Å². The molecule has 2 aromatic carbocycles. The molecular formula is C30H33F5N2O5. The number of aromatic carboxylic acids is 1. The van der Waals surface area contributed by atoms with E-state index >= 15 is 0 Å². The molecule has 2 aliphatic heterocycles. The molecule has 7 nitrogen and oxygen atoms in total. The lowest BCUT2D eigenvalue weighted by molar-refractivity contribution is -0.165. The number of methoxy groups -OCH3 is 1. The number of carboxylic acids is 1. The minimum atomic E-state index is -4.75. The number of hydrogen-bond acceptors (Lipinski definition) is 5. The van der Waals surface area contributed by atoms with Crippen molar-refractivity contribution >= 4 is 11.9 Å². The predicted molar refractivity (Wildman–Crippen MR) is 141 cm³/mol. The zero-order chi connectivity index (χ0) is 30.2. The number of carbonyl (C=O) groups is 2. The topological polar surface area (TPSA) is 88.1 Å². The van der Waals surface area contributed by atoms with Gasteiger partial charge in [0.1, 0.15) is 11.4 Å². The van der Waals surface area contributed by atoms with Crippen LogP contribution in [0.15, 0.2) is 30.3 Å². The molecule has 228 valence electrons. The zero-order valence-electron chi connectivity index (χ0n) is 23.1. The number of piperidine rings is 1. The van der Waals surface area contributed by atoms with Gasteiger partial charge in [-0.3, -0.25) is 9.69 Å². The first-order valence-corrected chi connectivity index (χ1v) is 14.1. The third-order valence-corrected chi connectivity index (χ3v) is 8.83. The van der Waals surface area contributed by atoms with Crippen LogP contribution in [0.25, 0.3) is 0 Å². The molecular weight excluding hydrogens is 563 g/mol. The Morgan fingerprint density at radius 2 is 1.79 bits per heavy atom. The summed E-state index contributed by atoms with van der Waals surface area (Å²) in [6.45, 7) is 1.45. The Labute approximate surface area is 240 Å². The van der Waals surface area contributed by atoms with Gasteiger partial charge in [0.05, 0.1) is 24.8 Å². The highest BCUT2D eigenvalue weighted by Crippen LogP contribution is 2.47. The molecule has 12 heteroatoms. The summed E-state index contributed by atoms with van der Waals surface area (Å²) >= 11 is 0. The molecule has 2 saturated heterocycles. The van der Waals surface area contributed by atoms with E-state index in [1.807, 2.05) is 0 Å². The highest BCUT2D eigenvalue weighted by molar-refractivity contribution is 5.88. The third-order valence-electron chi connectivity index (χ3n) is 8.83. The summed E-state index contributed by atoms with van der Waals surface area (Å²) in [5, 5.41) is 11.9. The van der Waals surface area contributed by atoms with Gasteiger partial charge in [-0.2, -0.15) is 13.2 Å². The molecule has 0 bridgehead atoms. The lowest BCUT2D eigenvalue weighted by Crippen LogP contribution is -2.57. The molecule has 3 aliphatic rings. The van der Waals surface area contributed by atoms with E-state index in [0.29, 0.717) is 25.5 Å². The van der Waals surface area contributed by atoms with Crippen LogP contribution in [-0.4, -0.2) is 60.3 Å². The SMILES string of the molecule is COc1c(F)cc(C(F)(F)F)cc1CNC(=O)[C@@]1(C2CC2)CCC(N2CCC(c3ccc(F)c(C(=O)O)c3)CC2)CO1. The van der Waals surface area contributed by atoms with Crippen molar-refractivity contribution in [1.29, 1.82) is 0 Å². The standard InChI is InChI=1S/C30H33F5N2O5/c1-41-26-19(12-21(14-25(26)32)30(33,34)35)15-36-28(40)29(20-3-4-20)9-6-22(16-42-29)37-10-7-17(8-11-37)18-2-5-24(31)23(13-18)27(38)39/h2,5,12-14,17,20,22H,3-4,6-11,15-16H2,1H3,(H,36,40)(H,38,39)/t22?,29-/m0/s1. The number of rotatable bonds is 8. The van der Waals surface area contributed by atoms with Gasteiger partial charge in [-0.1, -0.05) is 6.07 Å². The van der Waals surface area contributed by atoms with Gasteiger partial charge in [0, 0.05) is 18.2 Å². The molecule has 3 fully saturated rings. The molecule has 1 saturated carbocycles. The van der Waals surface area contributed by atoms with E-state index in [0.717, 1.165) is 57.5 Å². The molecule has 1 unspecified atom stereocenters. The van der Waals surface area contributed by atoms with Gasteiger partial charge in [0.25, 0.3) is 5.91 Å². The van der Waals surface area contributed by atoms with Crippen LogP contribution in [0.2, 0.25) is 0 Å². The first-order valence-electron chi connectivity index (χ1n) is 14.1. The number of alkyl halides is 3. The molecule has 2 atom stereocenters. The van der Waals surface area contributed by atoms with Crippen LogP contribution >= 0.6 is 0 Å². The first-order chi connectivity index (χ1) is 19.9. The number of likely N-dealkylation sites (tertiary alicyclic amines) is 1. The molecule has 42 heavy (non-hydrogen) atoms. The Kier molecular flexibility index (Phi) is 8.48. The second kappa shape index (κ2) is 11.8. The van der Waals surface area contributed by atoms with Gasteiger partial charge in [0.2, 0.25) is 0 Å². The Balaban J connectivity index is 1.20. The van der Waals surface area contributed by atoms with Crippen molar-refractivity contribution in [2.75, 3.05) is 26.8 Å². The molecule has 0 spiro atoms. The maximum atomic E-state index is 14.3. The van der Waals surface area contributed by atoms with Gasteiger partial charge in [0.15, 0.2) is 11.6 Å². The number of nitrogens with zero attached hydrogens (tertiary/aromatic N) is 1. The lowest BCUT2D eigenvalue weighted by Gasteiger charge is -2.45. The van der Waals surface area contributed by atoms with Crippen LogP contribution in [0.1, 0.15) is 71.5 Å². The Morgan fingerprint density at radius 3 is 2.36 bits per heavy atom. The Bertz CT molecular complexity index is 1330. The average molecular weight is 597 g/mol. The largest absolute Gasteiger partial charge is 0.493 e. The second-order valence-corrected chi connectivity index (χ2v) is 11.4. The third kappa shape index (κ3) is 6.10. The molecule has 0 radical (unpaired) electrons. The van der Waals surface area contributed by atoms with E-state index in [9.17, 15) is 36.6 Å². The Hall–Kier alpha value is -3.25. The van der Waals surface area contributed by atoms with Crippen molar-refractivity contribution in [1.82, 2.24) is 10.2 Å². The maximum absolute atomic E-state index is 14.3. The lowest BCUT2D eigenvalue weighted by atomic mass is 9.84. The number of halogens is 5. The van der Waals surface area contributed by atoms with Crippen molar-refractivity contribution in [3.05, 3.63) is 64.2 Å².